The summed E-state index contributed by atoms with van der Waals surface area (Å²) in [6, 6.07) is 14.7. The summed E-state index contributed by atoms with van der Waals surface area (Å²) in [7, 11) is -1.44. The Morgan fingerprint density at radius 1 is 1.04 bits per heavy atom. The van der Waals surface area contributed by atoms with Crippen molar-refractivity contribution in [2.75, 3.05) is 0 Å². The molecule has 0 aliphatic rings. The van der Waals surface area contributed by atoms with Crippen LogP contribution in [0.15, 0.2) is 48.7 Å². The zero-order chi connectivity index (χ0) is 16.4. The van der Waals surface area contributed by atoms with Crippen LogP contribution >= 0.6 is 0 Å². The summed E-state index contributed by atoms with van der Waals surface area (Å²) in [6.07, 6.45) is 3.09. The second-order valence-corrected chi connectivity index (χ2v) is 11.5. The zero-order valence-corrected chi connectivity index (χ0v) is 15.2. The molecule has 0 atom stereocenters. The lowest BCUT2D eigenvalue weighted by Gasteiger charge is -2.05. The van der Waals surface area contributed by atoms with Gasteiger partial charge in [-0.05, 0) is 24.1 Å². The maximum absolute atomic E-state index is 4.81. The van der Waals surface area contributed by atoms with Crippen molar-refractivity contribution in [2.45, 2.75) is 33.0 Å². The van der Waals surface area contributed by atoms with Crippen LogP contribution in [0.4, 0.5) is 0 Å². The zero-order valence-electron chi connectivity index (χ0n) is 14.2. The van der Waals surface area contributed by atoms with E-state index in [2.05, 4.69) is 66.7 Å². The topological polar surface area (TPSA) is 17.3 Å². The van der Waals surface area contributed by atoms with Crippen molar-refractivity contribution in [3.63, 3.8) is 0 Å². The Hall–Kier alpha value is -2.31. The van der Waals surface area contributed by atoms with Crippen molar-refractivity contribution < 1.29 is 0 Å². The fourth-order valence-electron chi connectivity index (χ4n) is 2.46. The van der Waals surface area contributed by atoms with E-state index in [1.807, 2.05) is 24.4 Å². The average molecular weight is 318 g/mol. The Balaban J connectivity index is 2.20. The van der Waals surface area contributed by atoms with Gasteiger partial charge in [-0.1, -0.05) is 62.8 Å². The van der Waals surface area contributed by atoms with Gasteiger partial charge in [0.05, 0.1) is 0 Å². The van der Waals surface area contributed by atoms with E-state index in [0.717, 1.165) is 29.0 Å². The fourth-order valence-corrected chi connectivity index (χ4v) is 2.95. The number of aromatic nitrogens is 2. The monoisotopic (exact) mass is 318 g/mol. The summed E-state index contributed by atoms with van der Waals surface area (Å²) in [6.45, 7) is 8.96. The molecular weight excluding hydrogens is 296 g/mol. The third-order valence-corrected chi connectivity index (χ3v) is 4.60. The lowest BCUT2D eigenvalue weighted by Crippen LogP contribution is -2.16. The molecule has 0 aliphatic heterocycles. The number of pyridine rings is 1. The van der Waals surface area contributed by atoms with Crippen LogP contribution in [0.1, 0.15) is 18.2 Å². The van der Waals surface area contributed by atoms with Crippen LogP contribution < -0.4 is 0 Å². The fraction of sp³-hybridized carbons (Fsp3) is 0.250. The molecule has 3 rings (SSSR count). The molecule has 116 valence electrons. The molecule has 0 fully saturated rings. The molecule has 0 spiro atoms. The first kappa shape index (κ1) is 15.6. The Labute approximate surface area is 139 Å². The van der Waals surface area contributed by atoms with Crippen LogP contribution in [0.3, 0.4) is 0 Å². The first-order valence-electron chi connectivity index (χ1n) is 8.07. The molecule has 3 aromatic rings. The average Bonchev–Trinajstić information content (AvgIpc) is 2.91. The number of hydrogen-bond donors (Lipinski definition) is 0. The molecule has 0 amide bonds. The Bertz CT molecular complexity index is 887. The number of fused-ring (bicyclic) bond motifs is 1. The minimum Gasteiger partial charge on any atom is -0.292 e. The van der Waals surface area contributed by atoms with Crippen molar-refractivity contribution in [2.24, 2.45) is 0 Å². The Morgan fingerprint density at radius 2 is 1.78 bits per heavy atom. The van der Waals surface area contributed by atoms with Gasteiger partial charge < -0.3 is 0 Å². The maximum atomic E-state index is 4.81. The first-order chi connectivity index (χ1) is 11.0. The standard InChI is InChI=1S/C20H22N2Si/c1-5-16-9-11-17(12-10-16)20-18(13-15-23(2,3)4)22-14-7-6-8-19(22)21-20/h6-12,14H,5H2,1-4H3. The highest BCUT2D eigenvalue weighted by molar-refractivity contribution is 6.83. The first-order valence-corrected chi connectivity index (χ1v) is 11.6. The van der Waals surface area contributed by atoms with E-state index in [9.17, 15) is 0 Å². The molecular formula is C20H22N2Si. The second-order valence-electron chi connectivity index (χ2n) is 6.79. The summed E-state index contributed by atoms with van der Waals surface area (Å²) in [5.41, 5.74) is 8.86. The smallest absolute Gasteiger partial charge is 0.138 e. The Kier molecular flexibility index (Phi) is 4.10. The number of aryl methyl sites for hydroxylation is 1. The molecule has 0 saturated heterocycles. The molecule has 2 aromatic heterocycles. The van der Waals surface area contributed by atoms with E-state index in [1.54, 1.807) is 0 Å². The van der Waals surface area contributed by atoms with Crippen molar-refractivity contribution in [3.8, 4) is 22.7 Å². The molecule has 23 heavy (non-hydrogen) atoms. The highest BCUT2D eigenvalue weighted by Crippen LogP contribution is 2.24. The predicted molar refractivity (Wildman–Crippen MR) is 100 cm³/mol. The number of benzene rings is 1. The number of nitrogens with zero attached hydrogens (tertiary/aromatic N) is 2. The molecule has 0 unspecified atom stereocenters. The van der Waals surface area contributed by atoms with Gasteiger partial charge in [0, 0.05) is 11.8 Å². The van der Waals surface area contributed by atoms with E-state index in [-0.39, 0.29) is 0 Å². The normalized spacial score (nSPS) is 11.3. The molecule has 0 saturated carbocycles. The highest BCUT2D eigenvalue weighted by atomic mass is 28.3. The van der Waals surface area contributed by atoms with Gasteiger partial charge in [0.15, 0.2) is 0 Å². The van der Waals surface area contributed by atoms with Gasteiger partial charge in [0.25, 0.3) is 0 Å². The van der Waals surface area contributed by atoms with Crippen molar-refractivity contribution in [1.29, 1.82) is 0 Å². The van der Waals surface area contributed by atoms with Crippen LogP contribution in [-0.4, -0.2) is 17.5 Å². The highest BCUT2D eigenvalue weighted by Gasteiger charge is 2.14. The molecule has 2 heterocycles. The molecule has 1 aromatic carbocycles. The molecule has 0 radical (unpaired) electrons. The van der Waals surface area contributed by atoms with Crippen molar-refractivity contribution in [1.82, 2.24) is 9.38 Å². The number of hydrogen-bond acceptors (Lipinski definition) is 1. The van der Waals surface area contributed by atoms with Gasteiger partial charge >= 0.3 is 0 Å². The summed E-state index contributed by atoms with van der Waals surface area (Å²) >= 11 is 0. The van der Waals surface area contributed by atoms with Crippen LogP contribution in [0.5, 0.6) is 0 Å². The van der Waals surface area contributed by atoms with E-state index >= 15 is 0 Å². The minimum absolute atomic E-state index is 0.946. The van der Waals surface area contributed by atoms with E-state index in [4.69, 9.17) is 4.98 Å². The number of rotatable bonds is 2. The Morgan fingerprint density at radius 3 is 2.43 bits per heavy atom. The molecule has 0 bridgehead atoms. The van der Waals surface area contributed by atoms with Gasteiger partial charge in [0.1, 0.15) is 25.1 Å². The lowest BCUT2D eigenvalue weighted by molar-refractivity contribution is 1.14. The predicted octanol–water partition coefficient (Wildman–Crippen LogP) is 4.79. The van der Waals surface area contributed by atoms with Crippen LogP contribution in [-0.2, 0) is 6.42 Å². The quantitative estimate of drug-likeness (QED) is 0.490. The van der Waals surface area contributed by atoms with Crippen molar-refractivity contribution in [3.05, 3.63) is 59.9 Å². The third-order valence-electron chi connectivity index (χ3n) is 3.72. The summed E-state index contributed by atoms with van der Waals surface area (Å²) in [4.78, 5) is 4.81. The SMILES string of the molecule is CCc1ccc(-c2nc3ccccn3c2C#C[Si](C)(C)C)cc1. The van der Waals surface area contributed by atoms with E-state index < -0.39 is 8.07 Å². The van der Waals surface area contributed by atoms with E-state index in [1.165, 1.54) is 5.56 Å². The van der Waals surface area contributed by atoms with Crippen LogP contribution in [0.2, 0.25) is 19.6 Å². The van der Waals surface area contributed by atoms with Gasteiger partial charge in [-0.25, -0.2) is 4.98 Å². The molecule has 0 aliphatic carbocycles. The largest absolute Gasteiger partial charge is 0.292 e. The summed E-state index contributed by atoms with van der Waals surface area (Å²) < 4.78 is 2.09. The van der Waals surface area contributed by atoms with E-state index in [0.29, 0.717) is 0 Å². The van der Waals surface area contributed by atoms with Gasteiger partial charge in [0.2, 0.25) is 0 Å². The summed E-state index contributed by atoms with van der Waals surface area (Å²) in [5.74, 6) is 3.42. The van der Waals surface area contributed by atoms with Gasteiger partial charge in [-0.15, -0.1) is 5.54 Å². The van der Waals surface area contributed by atoms with Gasteiger partial charge in [-0.2, -0.15) is 0 Å². The van der Waals surface area contributed by atoms with Crippen molar-refractivity contribution >= 4 is 13.7 Å². The third kappa shape index (κ3) is 3.38. The molecule has 2 nitrogen and oxygen atoms in total. The second kappa shape index (κ2) is 6.06. The van der Waals surface area contributed by atoms with Crippen LogP contribution in [0.25, 0.3) is 16.9 Å². The molecule has 3 heteroatoms. The lowest BCUT2D eigenvalue weighted by atomic mass is 10.1. The maximum Gasteiger partial charge on any atom is 0.138 e. The van der Waals surface area contributed by atoms with Gasteiger partial charge in [-0.3, -0.25) is 4.40 Å². The molecule has 0 N–H and O–H groups in total. The minimum atomic E-state index is -1.44. The number of imidazole rings is 1. The summed E-state index contributed by atoms with van der Waals surface area (Å²) in [5, 5.41) is 0. The van der Waals surface area contributed by atoms with Crippen LogP contribution in [0, 0.1) is 11.5 Å².